The first kappa shape index (κ1) is 14.5. The van der Waals surface area contributed by atoms with Crippen LogP contribution in [-0.2, 0) is 16.8 Å². The predicted molar refractivity (Wildman–Crippen MR) is 72.9 cm³/mol. The minimum atomic E-state index is -0.469. The highest BCUT2D eigenvalue weighted by Gasteiger charge is 2.27. The molecular weight excluding hydrogens is 242 g/mol. The molecule has 0 saturated carbocycles. The zero-order valence-corrected chi connectivity index (χ0v) is 12.2. The molecule has 0 radical (unpaired) electrons. The number of piperidine rings is 1. The summed E-state index contributed by atoms with van der Waals surface area (Å²) >= 11 is 0. The number of aryl methyl sites for hydroxylation is 1. The lowest BCUT2D eigenvalue weighted by molar-refractivity contribution is -0.0221. The first-order valence-corrected chi connectivity index (χ1v) is 7.29. The Kier molecular flexibility index (Phi) is 4.93. The second-order valence-corrected chi connectivity index (χ2v) is 5.71. The van der Waals surface area contributed by atoms with Gasteiger partial charge in [0.1, 0.15) is 5.60 Å². The van der Waals surface area contributed by atoms with Gasteiger partial charge >= 0.3 is 0 Å². The van der Waals surface area contributed by atoms with Crippen LogP contribution in [0.5, 0.6) is 0 Å². The minimum absolute atomic E-state index is 0.469. The van der Waals surface area contributed by atoms with Crippen LogP contribution in [-0.4, -0.2) is 29.8 Å². The third-order valence-electron chi connectivity index (χ3n) is 3.68. The van der Waals surface area contributed by atoms with Crippen LogP contribution in [0.2, 0.25) is 0 Å². The van der Waals surface area contributed by atoms with E-state index in [9.17, 15) is 0 Å². The predicted octanol–water partition coefficient (Wildman–Crippen LogP) is 2.27. The molecule has 1 aromatic rings. The monoisotopic (exact) mass is 267 g/mol. The van der Waals surface area contributed by atoms with Crippen LogP contribution in [0.25, 0.3) is 0 Å². The van der Waals surface area contributed by atoms with Crippen LogP contribution < -0.4 is 5.32 Å². The van der Waals surface area contributed by atoms with Crippen molar-refractivity contribution in [2.45, 2.75) is 52.1 Å². The lowest BCUT2D eigenvalue weighted by Crippen LogP contribution is -2.29. The van der Waals surface area contributed by atoms with E-state index in [1.165, 1.54) is 12.8 Å². The topological polar surface area (TPSA) is 60.2 Å². The van der Waals surface area contributed by atoms with Gasteiger partial charge in [0.15, 0.2) is 0 Å². The highest BCUT2D eigenvalue weighted by atomic mass is 16.5. The molecule has 1 fully saturated rings. The maximum absolute atomic E-state index is 5.63. The van der Waals surface area contributed by atoms with Crippen LogP contribution in [0, 0.1) is 5.92 Å². The number of nitrogens with one attached hydrogen (secondary N) is 1. The Morgan fingerprint density at radius 2 is 2.32 bits per heavy atom. The zero-order valence-electron chi connectivity index (χ0n) is 12.2. The fraction of sp³-hybridized carbons (Fsp3) is 0.857. The SMILES string of the molecule is CCOC(C)(C)c1noc(CCC2CCCNC2)n1. The van der Waals surface area contributed by atoms with Crippen molar-refractivity contribution >= 4 is 0 Å². The smallest absolute Gasteiger partial charge is 0.226 e. The maximum atomic E-state index is 5.63. The van der Waals surface area contributed by atoms with Gasteiger partial charge in [0.25, 0.3) is 0 Å². The lowest BCUT2D eigenvalue weighted by Gasteiger charge is -2.21. The van der Waals surface area contributed by atoms with E-state index in [0.29, 0.717) is 12.4 Å². The highest BCUT2D eigenvalue weighted by Crippen LogP contribution is 2.22. The number of hydrogen-bond donors (Lipinski definition) is 1. The molecule has 0 aromatic carbocycles. The number of nitrogens with zero attached hydrogens (tertiary/aromatic N) is 2. The van der Waals surface area contributed by atoms with Gasteiger partial charge in [0.05, 0.1) is 0 Å². The summed E-state index contributed by atoms with van der Waals surface area (Å²) in [6, 6.07) is 0. The Balaban J connectivity index is 1.86. The van der Waals surface area contributed by atoms with E-state index in [1.54, 1.807) is 0 Å². The summed E-state index contributed by atoms with van der Waals surface area (Å²) in [4.78, 5) is 4.46. The number of rotatable bonds is 6. The third kappa shape index (κ3) is 4.01. The Bertz CT molecular complexity index is 384. The van der Waals surface area contributed by atoms with Crippen LogP contribution in [0.15, 0.2) is 4.52 Å². The summed E-state index contributed by atoms with van der Waals surface area (Å²) in [5.74, 6) is 2.11. The van der Waals surface area contributed by atoms with Gasteiger partial charge in [-0.3, -0.25) is 0 Å². The average Bonchev–Trinajstić information content (AvgIpc) is 2.87. The summed E-state index contributed by atoms with van der Waals surface area (Å²) in [7, 11) is 0. The fourth-order valence-corrected chi connectivity index (χ4v) is 2.52. The van der Waals surface area contributed by atoms with E-state index in [2.05, 4.69) is 15.5 Å². The number of aromatic nitrogens is 2. The molecule has 1 aliphatic heterocycles. The summed E-state index contributed by atoms with van der Waals surface area (Å²) in [5.41, 5.74) is -0.469. The molecule has 0 bridgehead atoms. The van der Waals surface area contributed by atoms with Crippen molar-refractivity contribution in [2.24, 2.45) is 5.92 Å². The van der Waals surface area contributed by atoms with Crippen molar-refractivity contribution in [1.29, 1.82) is 0 Å². The van der Waals surface area contributed by atoms with Gasteiger partial charge in [-0.2, -0.15) is 4.98 Å². The van der Waals surface area contributed by atoms with Gasteiger partial charge < -0.3 is 14.6 Å². The number of hydrogen-bond acceptors (Lipinski definition) is 5. The van der Waals surface area contributed by atoms with Gasteiger partial charge in [-0.1, -0.05) is 5.16 Å². The summed E-state index contributed by atoms with van der Waals surface area (Å²) in [6.07, 6.45) is 4.56. The molecule has 0 amide bonds. The van der Waals surface area contributed by atoms with Crippen molar-refractivity contribution in [3.05, 3.63) is 11.7 Å². The molecule has 1 unspecified atom stereocenters. The van der Waals surface area contributed by atoms with Crippen LogP contribution >= 0.6 is 0 Å². The molecule has 1 N–H and O–H groups in total. The van der Waals surface area contributed by atoms with Crippen molar-refractivity contribution in [3.8, 4) is 0 Å². The molecule has 0 spiro atoms. The maximum Gasteiger partial charge on any atom is 0.226 e. The van der Waals surface area contributed by atoms with Crippen LogP contribution in [0.1, 0.15) is 51.7 Å². The highest BCUT2D eigenvalue weighted by molar-refractivity contribution is 4.97. The van der Waals surface area contributed by atoms with E-state index < -0.39 is 5.60 Å². The van der Waals surface area contributed by atoms with E-state index in [-0.39, 0.29) is 0 Å². The largest absolute Gasteiger partial charge is 0.368 e. The molecule has 108 valence electrons. The Hall–Kier alpha value is -0.940. The third-order valence-corrected chi connectivity index (χ3v) is 3.68. The van der Waals surface area contributed by atoms with Gasteiger partial charge in [-0.25, -0.2) is 0 Å². The lowest BCUT2D eigenvalue weighted by atomic mass is 9.95. The second-order valence-electron chi connectivity index (χ2n) is 5.71. The first-order chi connectivity index (χ1) is 9.12. The van der Waals surface area contributed by atoms with Gasteiger partial charge in [0.2, 0.25) is 11.7 Å². The summed E-state index contributed by atoms with van der Waals surface area (Å²) < 4.78 is 11.0. The molecule has 5 heteroatoms. The fourth-order valence-electron chi connectivity index (χ4n) is 2.52. The molecule has 0 aliphatic carbocycles. The van der Waals surface area contributed by atoms with Crippen molar-refractivity contribution < 1.29 is 9.26 Å². The minimum Gasteiger partial charge on any atom is -0.368 e. The zero-order chi connectivity index (χ0) is 13.7. The Morgan fingerprint density at radius 1 is 1.47 bits per heavy atom. The van der Waals surface area contributed by atoms with Crippen molar-refractivity contribution in [1.82, 2.24) is 15.5 Å². The van der Waals surface area contributed by atoms with E-state index in [4.69, 9.17) is 9.26 Å². The van der Waals surface area contributed by atoms with Gasteiger partial charge in [0, 0.05) is 13.0 Å². The molecule has 1 aliphatic rings. The van der Waals surface area contributed by atoms with Crippen LogP contribution in [0.4, 0.5) is 0 Å². The second kappa shape index (κ2) is 6.48. The normalized spacial score (nSPS) is 20.7. The van der Waals surface area contributed by atoms with Crippen molar-refractivity contribution in [3.63, 3.8) is 0 Å². The van der Waals surface area contributed by atoms with E-state index in [0.717, 1.165) is 37.7 Å². The molecule has 1 aromatic heterocycles. The van der Waals surface area contributed by atoms with Gasteiger partial charge in [-0.15, -0.1) is 0 Å². The molecule has 2 rings (SSSR count). The molecule has 2 heterocycles. The first-order valence-electron chi connectivity index (χ1n) is 7.29. The van der Waals surface area contributed by atoms with E-state index >= 15 is 0 Å². The average molecular weight is 267 g/mol. The molecule has 5 nitrogen and oxygen atoms in total. The summed E-state index contributed by atoms with van der Waals surface area (Å²) in [6.45, 7) is 8.82. The molecule has 1 atom stereocenters. The van der Waals surface area contributed by atoms with E-state index in [1.807, 2.05) is 20.8 Å². The molecule has 19 heavy (non-hydrogen) atoms. The van der Waals surface area contributed by atoms with Gasteiger partial charge in [-0.05, 0) is 59.0 Å². The molecule has 1 saturated heterocycles. The van der Waals surface area contributed by atoms with Crippen LogP contribution in [0.3, 0.4) is 0 Å². The Morgan fingerprint density at radius 3 is 3.00 bits per heavy atom. The number of ether oxygens (including phenoxy) is 1. The standard InChI is InChI=1S/C14H25N3O2/c1-4-18-14(2,3)13-16-12(19-17-13)8-7-11-6-5-9-15-10-11/h11,15H,4-10H2,1-3H3. The quantitative estimate of drug-likeness (QED) is 0.856. The Labute approximate surface area is 115 Å². The molecular formula is C14H25N3O2. The van der Waals surface area contributed by atoms with Crippen molar-refractivity contribution in [2.75, 3.05) is 19.7 Å². The summed E-state index contributed by atoms with van der Waals surface area (Å²) in [5, 5.41) is 7.47.